The fourth-order valence-corrected chi connectivity index (χ4v) is 4.03. The molecule has 1 unspecified atom stereocenters. The van der Waals surface area contributed by atoms with Crippen LogP contribution in [0.1, 0.15) is 44.9 Å². The molecule has 2 aliphatic rings. The molecule has 0 spiro atoms. The molecule has 0 aromatic heterocycles. The molecule has 5 nitrogen and oxygen atoms in total. The Morgan fingerprint density at radius 2 is 1.53 bits per heavy atom. The standard InChI is InChI=1S/C11H23N3O2S/c15-17(16,13-10-5-2-1-3-6-10)14-11-7-4-8-12-9-11/h10-14H,1-9H2. The van der Waals surface area contributed by atoms with Gasteiger partial charge in [-0.1, -0.05) is 19.3 Å². The van der Waals surface area contributed by atoms with Crippen molar-refractivity contribution in [3.63, 3.8) is 0 Å². The second kappa shape index (κ2) is 6.13. The van der Waals surface area contributed by atoms with Crippen LogP contribution in [0.25, 0.3) is 0 Å². The Labute approximate surface area is 104 Å². The molecule has 1 aliphatic carbocycles. The van der Waals surface area contributed by atoms with Gasteiger partial charge in [-0.2, -0.15) is 17.9 Å². The summed E-state index contributed by atoms with van der Waals surface area (Å²) < 4.78 is 29.4. The van der Waals surface area contributed by atoms with Gasteiger partial charge < -0.3 is 5.32 Å². The van der Waals surface area contributed by atoms with E-state index in [2.05, 4.69) is 14.8 Å². The minimum atomic E-state index is -3.32. The Bertz CT molecular complexity index is 294. The number of hydrogen-bond donors (Lipinski definition) is 3. The highest BCUT2D eigenvalue weighted by Gasteiger charge is 2.23. The van der Waals surface area contributed by atoms with Crippen molar-refractivity contribution in [2.24, 2.45) is 0 Å². The third kappa shape index (κ3) is 4.54. The summed E-state index contributed by atoms with van der Waals surface area (Å²) in [5.41, 5.74) is 0. The summed E-state index contributed by atoms with van der Waals surface area (Å²) in [7, 11) is -3.32. The highest BCUT2D eigenvalue weighted by atomic mass is 32.2. The van der Waals surface area contributed by atoms with Crippen LogP contribution < -0.4 is 14.8 Å². The molecule has 0 bridgehead atoms. The van der Waals surface area contributed by atoms with Crippen molar-refractivity contribution < 1.29 is 8.42 Å². The quantitative estimate of drug-likeness (QED) is 0.690. The Kier molecular flexibility index (Phi) is 4.78. The van der Waals surface area contributed by atoms with Crippen LogP contribution in [0.3, 0.4) is 0 Å². The molecule has 100 valence electrons. The van der Waals surface area contributed by atoms with Crippen molar-refractivity contribution in [3.8, 4) is 0 Å². The van der Waals surface area contributed by atoms with Gasteiger partial charge in [0, 0.05) is 18.6 Å². The fourth-order valence-electron chi connectivity index (χ4n) is 2.65. The van der Waals surface area contributed by atoms with Crippen LogP contribution in [0.2, 0.25) is 0 Å². The number of piperidine rings is 1. The molecule has 17 heavy (non-hydrogen) atoms. The summed E-state index contributed by atoms with van der Waals surface area (Å²) in [6.45, 7) is 1.74. The normalized spacial score (nSPS) is 28.1. The van der Waals surface area contributed by atoms with E-state index < -0.39 is 10.2 Å². The molecule has 1 saturated heterocycles. The Morgan fingerprint density at radius 3 is 2.18 bits per heavy atom. The summed E-state index contributed by atoms with van der Waals surface area (Å²) >= 11 is 0. The van der Waals surface area contributed by atoms with Crippen LogP contribution in [0.15, 0.2) is 0 Å². The van der Waals surface area contributed by atoms with Crippen molar-refractivity contribution in [2.75, 3.05) is 13.1 Å². The molecule has 3 N–H and O–H groups in total. The number of rotatable bonds is 4. The Morgan fingerprint density at radius 1 is 0.882 bits per heavy atom. The predicted molar refractivity (Wildman–Crippen MR) is 68.0 cm³/mol. The zero-order valence-corrected chi connectivity index (χ0v) is 11.1. The highest BCUT2D eigenvalue weighted by Crippen LogP contribution is 2.17. The third-order valence-electron chi connectivity index (χ3n) is 3.55. The zero-order valence-electron chi connectivity index (χ0n) is 10.2. The predicted octanol–water partition coefficient (Wildman–Crippen LogP) is 0.495. The number of hydrogen-bond acceptors (Lipinski definition) is 3. The van der Waals surface area contributed by atoms with E-state index >= 15 is 0 Å². The molecule has 0 aromatic carbocycles. The molecular formula is C11H23N3O2S. The highest BCUT2D eigenvalue weighted by molar-refractivity contribution is 7.87. The lowest BCUT2D eigenvalue weighted by Crippen LogP contribution is -2.51. The van der Waals surface area contributed by atoms with E-state index in [1.165, 1.54) is 6.42 Å². The smallest absolute Gasteiger partial charge is 0.277 e. The second-order valence-corrected chi connectivity index (χ2v) is 6.60. The van der Waals surface area contributed by atoms with Crippen LogP contribution in [0.5, 0.6) is 0 Å². The van der Waals surface area contributed by atoms with Crippen LogP contribution in [-0.4, -0.2) is 33.6 Å². The molecule has 1 atom stereocenters. The minimum absolute atomic E-state index is 0.0461. The van der Waals surface area contributed by atoms with Crippen LogP contribution >= 0.6 is 0 Å². The zero-order chi connectivity index (χ0) is 12.1. The maximum atomic E-state index is 11.9. The SMILES string of the molecule is O=S(=O)(NC1CCCCC1)NC1CCCNC1. The lowest BCUT2D eigenvalue weighted by molar-refractivity contribution is 0.397. The van der Waals surface area contributed by atoms with Gasteiger partial charge in [0.2, 0.25) is 0 Å². The van der Waals surface area contributed by atoms with Crippen molar-refractivity contribution in [2.45, 2.75) is 57.0 Å². The van der Waals surface area contributed by atoms with Gasteiger partial charge in [-0.25, -0.2) is 0 Å². The van der Waals surface area contributed by atoms with E-state index in [1.807, 2.05) is 0 Å². The minimum Gasteiger partial charge on any atom is -0.315 e. The van der Waals surface area contributed by atoms with Gasteiger partial charge in [-0.3, -0.25) is 0 Å². The fraction of sp³-hybridized carbons (Fsp3) is 1.00. The molecule has 0 amide bonds. The van der Waals surface area contributed by atoms with E-state index in [0.29, 0.717) is 0 Å². The van der Waals surface area contributed by atoms with E-state index in [-0.39, 0.29) is 12.1 Å². The first-order valence-corrected chi connectivity index (χ1v) is 8.14. The molecule has 2 fully saturated rings. The van der Waals surface area contributed by atoms with Crippen molar-refractivity contribution in [1.29, 1.82) is 0 Å². The molecule has 6 heteroatoms. The molecule has 0 radical (unpaired) electrons. The van der Waals surface area contributed by atoms with E-state index in [0.717, 1.165) is 51.6 Å². The topological polar surface area (TPSA) is 70.2 Å². The summed E-state index contributed by atoms with van der Waals surface area (Å²) in [6, 6.07) is 0.183. The molecule has 1 saturated carbocycles. The molecule has 1 heterocycles. The molecule has 2 rings (SSSR count). The van der Waals surface area contributed by atoms with Gasteiger partial charge in [0.25, 0.3) is 10.2 Å². The summed E-state index contributed by atoms with van der Waals surface area (Å²) in [6.07, 6.45) is 7.43. The summed E-state index contributed by atoms with van der Waals surface area (Å²) in [5.74, 6) is 0. The molecular weight excluding hydrogens is 238 g/mol. The molecule has 0 aromatic rings. The average molecular weight is 261 g/mol. The van der Waals surface area contributed by atoms with Gasteiger partial charge in [-0.05, 0) is 32.2 Å². The third-order valence-corrected chi connectivity index (χ3v) is 4.83. The first-order valence-electron chi connectivity index (χ1n) is 6.66. The maximum Gasteiger partial charge on any atom is 0.277 e. The van der Waals surface area contributed by atoms with Crippen LogP contribution in [-0.2, 0) is 10.2 Å². The summed E-state index contributed by atoms with van der Waals surface area (Å²) in [5, 5.41) is 3.21. The van der Waals surface area contributed by atoms with Gasteiger partial charge >= 0.3 is 0 Å². The molecule has 1 aliphatic heterocycles. The number of nitrogens with one attached hydrogen (secondary N) is 3. The van der Waals surface area contributed by atoms with E-state index in [4.69, 9.17) is 0 Å². The van der Waals surface area contributed by atoms with Gasteiger partial charge in [0.15, 0.2) is 0 Å². The Balaban J connectivity index is 1.80. The van der Waals surface area contributed by atoms with E-state index in [9.17, 15) is 8.42 Å². The van der Waals surface area contributed by atoms with Crippen molar-refractivity contribution in [1.82, 2.24) is 14.8 Å². The lowest BCUT2D eigenvalue weighted by atomic mass is 9.96. The second-order valence-electron chi connectivity index (χ2n) is 5.12. The monoisotopic (exact) mass is 261 g/mol. The van der Waals surface area contributed by atoms with Gasteiger partial charge in [-0.15, -0.1) is 0 Å². The first-order chi connectivity index (χ1) is 8.16. The lowest BCUT2D eigenvalue weighted by Gasteiger charge is -2.27. The van der Waals surface area contributed by atoms with E-state index in [1.54, 1.807) is 0 Å². The first kappa shape index (κ1) is 13.3. The maximum absolute atomic E-state index is 11.9. The van der Waals surface area contributed by atoms with Crippen molar-refractivity contribution in [3.05, 3.63) is 0 Å². The van der Waals surface area contributed by atoms with Gasteiger partial charge in [0.05, 0.1) is 0 Å². The van der Waals surface area contributed by atoms with Gasteiger partial charge in [0.1, 0.15) is 0 Å². The Hall–Kier alpha value is -0.170. The van der Waals surface area contributed by atoms with Crippen LogP contribution in [0.4, 0.5) is 0 Å². The van der Waals surface area contributed by atoms with Crippen molar-refractivity contribution >= 4 is 10.2 Å². The average Bonchev–Trinajstić information content (AvgIpc) is 2.30. The largest absolute Gasteiger partial charge is 0.315 e. The summed E-state index contributed by atoms with van der Waals surface area (Å²) in [4.78, 5) is 0. The van der Waals surface area contributed by atoms with Crippen LogP contribution in [0, 0.1) is 0 Å².